The molecule has 0 saturated heterocycles. The van der Waals surface area contributed by atoms with Gasteiger partial charge in [-0.05, 0) is 37.1 Å². The van der Waals surface area contributed by atoms with Crippen molar-refractivity contribution in [2.24, 2.45) is 0 Å². The first-order valence-corrected chi connectivity index (χ1v) is 11.8. The molecule has 0 saturated carbocycles. The smallest absolute Gasteiger partial charge is 0.371 e. The molecule has 0 aromatic heterocycles. The van der Waals surface area contributed by atoms with Crippen LogP contribution in [0.3, 0.4) is 0 Å². The lowest BCUT2D eigenvalue weighted by Crippen LogP contribution is -2.36. The Bertz CT molecular complexity index is 942. The van der Waals surface area contributed by atoms with Gasteiger partial charge in [-0.15, -0.1) is 0 Å². The van der Waals surface area contributed by atoms with Gasteiger partial charge >= 0.3 is 10.4 Å². The van der Waals surface area contributed by atoms with E-state index in [1.807, 2.05) is 0 Å². The number of hydrogen-bond donors (Lipinski definition) is 2. The third-order valence-electron chi connectivity index (χ3n) is 7.21. The maximum absolute atomic E-state index is 8.74. The Morgan fingerprint density at radius 2 is 0.968 bits per heavy atom. The second-order valence-electron chi connectivity index (χ2n) is 9.50. The molecule has 2 atom stereocenters. The molecule has 6 nitrogen and oxygen atoms in total. The Balaban J connectivity index is 0.000000182. The van der Waals surface area contributed by atoms with E-state index in [1.54, 1.807) is 0 Å². The fraction of sp³-hybridized carbons (Fsp3) is 0.500. The van der Waals surface area contributed by atoms with Gasteiger partial charge in [-0.2, -0.15) is 8.42 Å². The second-order valence-corrected chi connectivity index (χ2v) is 10.4. The summed E-state index contributed by atoms with van der Waals surface area (Å²) in [4.78, 5) is 4.74. The Morgan fingerprint density at radius 3 is 1.23 bits per heavy atom. The summed E-state index contributed by atoms with van der Waals surface area (Å²) in [5.74, 6) is 0. The van der Waals surface area contributed by atoms with Crippen LogP contribution < -0.4 is 9.80 Å². The van der Waals surface area contributed by atoms with Crippen LogP contribution in [0.5, 0.6) is 0 Å². The lowest BCUT2D eigenvalue weighted by Gasteiger charge is -2.28. The SMILES string of the molecule is CC1N(C)c2ccccc2C1(C)C.CC1N(C)c2ccccc2C1(C)C.O=S(=O)(O)O. The number of rotatable bonds is 0. The van der Waals surface area contributed by atoms with Gasteiger partial charge in [0.2, 0.25) is 0 Å². The van der Waals surface area contributed by atoms with E-state index in [9.17, 15) is 0 Å². The summed E-state index contributed by atoms with van der Waals surface area (Å²) in [6.07, 6.45) is 0. The van der Waals surface area contributed by atoms with E-state index < -0.39 is 10.4 Å². The third-order valence-corrected chi connectivity index (χ3v) is 7.21. The van der Waals surface area contributed by atoms with Gasteiger partial charge in [-0.25, -0.2) is 0 Å². The van der Waals surface area contributed by atoms with E-state index in [0.29, 0.717) is 12.1 Å². The van der Waals surface area contributed by atoms with Crippen molar-refractivity contribution in [2.45, 2.75) is 64.5 Å². The lowest BCUT2D eigenvalue weighted by atomic mass is 9.81. The van der Waals surface area contributed by atoms with E-state index in [1.165, 1.54) is 22.5 Å². The molecular formula is C24H36N2O4S. The highest BCUT2D eigenvalue weighted by Gasteiger charge is 2.40. The summed E-state index contributed by atoms with van der Waals surface area (Å²) in [7, 11) is -0.309. The number of hydrogen-bond acceptors (Lipinski definition) is 4. The van der Waals surface area contributed by atoms with Crippen LogP contribution in [0, 0.1) is 0 Å². The number of benzene rings is 2. The lowest BCUT2D eigenvalue weighted by molar-refractivity contribution is 0.381. The summed E-state index contributed by atoms with van der Waals surface area (Å²) in [6, 6.07) is 18.6. The second kappa shape index (κ2) is 8.81. The topological polar surface area (TPSA) is 81.1 Å². The maximum atomic E-state index is 8.74. The Hall–Kier alpha value is -2.09. The van der Waals surface area contributed by atoms with Gasteiger partial charge in [0.1, 0.15) is 0 Å². The van der Waals surface area contributed by atoms with Crippen molar-refractivity contribution in [3.63, 3.8) is 0 Å². The number of likely N-dealkylation sites (N-methyl/N-ethyl adjacent to an activating group) is 2. The first kappa shape index (κ1) is 25.2. The molecule has 2 aromatic carbocycles. The molecule has 0 radical (unpaired) electrons. The average molecular weight is 449 g/mol. The van der Waals surface area contributed by atoms with Crippen LogP contribution in [0.4, 0.5) is 11.4 Å². The van der Waals surface area contributed by atoms with E-state index in [-0.39, 0.29) is 10.8 Å². The first-order valence-electron chi connectivity index (χ1n) is 10.4. The van der Waals surface area contributed by atoms with E-state index >= 15 is 0 Å². The zero-order valence-electron chi connectivity index (χ0n) is 19.8. The van der Waals surface area contributed by atoms with Crippen LogP contribution in [0.2, 0.25) is 0 Å². The fourth-order valence-corrected chi connectivity index (χ4v) is 4.49. The number of para-hydroxylation sites is 2. The average Bonchev–Trinajstić information content (AvgIpc) is 2.97. The summed E-state index contributed by atoms with van der Waals surface area (Å²) in [5, 5.41) is 0. The summed E-state index contributed by atoms with van der Waals surface area (Å²) in [5.41, 5.74) is 6.30. The minimum atomic E-state index is -4.67. The van der Waals surface area contributed by atoms with Crippen molar-refractivity contribution in [3.8, 4) is 0 Å². The fourth-order valence-electron chi connectivity index (χ4n) is 4.49. The number of fused-ring (bicyclic) bond motifs is 2. The Morgan fingerprint density at radius 1 is 0.710 bits per heavy atom. The molecule has 0 aliphatic carbocycles. The summed E-state index contributed by atoms with van der Waals surface area (Å²) in [6.45, 7) is 13.9. The molecule has 2 aromatic rings. The Kier molecular flexibility index (Phi) is 7.15. The van der Waals surface area contributed by atoms with Crippen molar-refractivity contribution in [2.75, 3.05) is 23.9 Å². The molecule has 31 heavy (non-hydrogen) atoms. The standard InChI is InChI=1S/2C12H17N.H2O4S/c2*1-9-12(2,3)10-7-5-6-8-11(10)13(9)4;1-5(2,3)4/h2*5-9H,1-4H3;(H2,1,2,3,4). The molecule has 0 fully saturated rings. The molecule has 2 unspecified atom stereocenters. The molecule has 2 aliphatic rings. The van der Waals surface area contributed by atoms with Crippen LogP contribution in [0.25, 0.3) is 0 Å². The molecule has 2 heterocycles. The summed E-state index contributed by atoms with van der Waals surface area (Å²) < 4.78 is 31.6. The van der Waals surface area contributed by atoms with E-state index in [4.69, 9.17) is 17.5 Å². The van der Waals surface area contributed by atoms with Gasteiger partial charge in [-0.1, -0.05) is 64.1 Å². The molecule has 4 rings (SSSR count). The quantitative estimate of drug-likeness (QED) is 0.555. The predicted octanol–water partition coefficient (Wildman–Crippen LogP) is 4.95. The van der Waals surface area contributed by atoms with Crippen LogP contribution in [-0.2, 0) is 21.2 Å². The van der Waals surface area contributed by atoms with Gasteiger partial charge in [0, 0.05) is 48.4 Å². The van der Waals surface area contributed by atoms with Crippen molar-refractivity contribution in [3.05, 3.63) is 59.7 Å². The predicted molar refractivity (Wildman–Crippen MR) is 129 cm³/mol. The minimum absolute atomic E-state index is 0.283. The molecule has 0 spiro atoms. The molecule has 0 bridgehead atoms. The van der Waals surface area contributed by atoms with Crippen molar-refractivity contribution in [1.82, 2.24) is 0 Å². The highest BCUT2D eigenvalue weighted by Crippen LogP contribution is 2.44. The largest absolute Gasteiger partial charge is 0.394 e. The Labute approximate surface area is 187 Å². The monoisotopic (exact) mass is 448 g/mol. The van der Waals surface area contributed by atoms with Crippen LogP contribution >= 0.6 is 0 Å². The van der Waals surface area contributed by atoms with Crippen molar-refractivity contribution >= 4 is 21.8 Å². The number of anilines is 2. The van der Waals surface area contributed by atoms with Crippen LogP contribution in [-0.4, -0.2) is 43.7 Å². The van der Waals surface area contributed by atoms with Crippen LogP contribution in [0.1, 0.15) is 52.7 Å². The third kappa shape index (κ3) is 5.22. The summed E-state index contributed by atoms with van der Waals surface area (Å²) >= 11 is 0. The van der Waals surface area contributed by atoms with E-state index in [0.717, 1.165) is 0 Å². The maximum Gasteiger partial charge on any atom is 0.394 e. The van der Waals surface area contributed by atoms with Gasteiger partial charge in [0.05, 0.1) is 0 Å². The van der Waals surface area contributed by atoms with Gasteiger partial charge in [0.15, 0.2) is 0 Å². The van der Waals surface area contributed by atoms with Crippen molar-refractivity contribution < 1.29 is 17.5 Å². The minimum Gasteiger partial charge on any atom is -0.371 e. The molecule has 0 amide bonds. The van der Waals surface area contributed by atoms with Crippen LogP contribution in [0.15, 0.2) is 48.5 Å². The highest BCUT2D eigenvalue weighted by molar-refractivity contribution is 7.79. The molecule has 7 heteroatoms. The number of nitrogens with zero attached hydrogens (tertiary/aromatic N) is 2. The molecule has 2 aliphatic heterocycles. The normalized spacial score (nSPS) is 22.5. The zero-order chi connectivity index (χ0) is 23.8. The van der Waals surface area contributed by atoms with Crippen molar-refractivity contribution in [1.29, 1.82) is 0 Å². The first-order chi connectivity index (χ1) is 14.1. The molecular weight excluding hydrogens is 412 g/mol. The highest BCUT2D eigenvalue weighted by atomic mass is 32.3. The molecule has 2 N–H and O–H groups in total. The van der Waals surface area contributed by atoms with Gasteiger partial charge in [0.25, 0.3) is 0 Å². The molecule has 172 valence electrons. The van der Waals surface area contributed by atoms with Gasteiger partial charge in [-0.3, -0.25) is 9.11 Å². The van der Waals surface area contributed by atoms with Gasteiger partial charge < -0.3 is 9.80 Å². The van der Waals surface area contributed by atoms with E-state index in [2.05, 4.69) is 114 Å². The zero-order valence-corrected chi connectivity index (χ0v) is 20.6.